The van der Waals surface area contributed by atoms with Gasteiger partial charge in [-0.3, -0.25) is 0 Å². The van der Waals surface area contributed by atoms with E-state index >= 15 is 0 Å². The van der Waals surface area contributed by atoms with E-state index in [9.17, 15) is 0 Å². The molecule has 1 N–H and O–H groups in total. The van der Waals surface area contributed by atoms with Crippen LogP contribution in [0, 0.1) is 0 Å². The van der Waals surface area contributed by atoms with Crippen LogP contribution in [-0.2, 0) is 0 Å². The zero-order valence-corrected chi connectivity index (χ0v) is 16.0. The maximum atomic E-state index is 6.26. The van der Waals surface area contributed by atoms with Crippen molar-refractivity contribution in [3.63, 3.8) is 0 Å². The van der Waals surface area contributed by atoms with E-state index in [4.69, 9.17) is 11.6 Å². The SMILES string of the molecule is CSc1cnc(N2CCN(C)CC2Nc2ccccc2)nc1Cl.Cl. The number of hydrogen-bond donors (Lipinski definition) is 1. The minimum absolute atomic E-state index is 0. The van der Waals surface area contributed by atoms with E-state index in [0.29, 0.717) is 11.1 Å². The van der Waals surface area contributed by atoms with Gasteiger partial charge in [-0.2, -0.15) is 4.98 Å². The Hall–Kier alpha value is -1.21. The van der Waals surface area contributed by atoms with E-state index in [1.807, 2.05) is 24.5 Å². The molecule has 5 nitrogen and oxygen atoms in total. The average molecular weight is 386 g/mol. The molecule has 24 heavy (non-hydrogen) atoms. The molecule has 1 aromatic carbocycles. The Morgan fingerprint density at radius 3 is 2.67 bits per heavy atom. The van der Waals surface area contributed by atoms with Crippen LogP contribution in [0.5, 0.6) is 0 Å². The van der Waals surface area contributed by atoms with Crippen LogP contribution in [-0.4, -0.2) is 54.0 Å². The largest absolute Gasteiger partial charge is 0.364 e. The number of anilines is 2. The number of nitrogens with zero attached hydrogens (tertiary/aromatic N) is 4. The first kappa shape index (κ1) is 19.1. The Labute approximate surface area is 158 Å². The molecule has 1 aliphatic heterocycles. The molecule has 0 bridgehead atoms. The number of rotatable bonds is 4. The van der Waals surface area contributed by atoms with Crippen molar-refractivity contribution >= 4 is 47.4 Å². The maximum Gasteiger partial charge on any atom is 0.228 e. The number of halogens is 2. The standard InChI is InChI=1S/C16H20ClN5S.ClH/c1-21-8-9-22(16-18-10-13(23-2)15(17)20-16)14(11-21)19-12-6-4-3-5-7-12;/h3-7,10,14,19H,8-9,11H2,1-2H3;1H. The number of nitrogens with one attached hydrogen (secondary N) is 1. The van der Waals surface area contributed by atoms with Crippen molar-refractivity contribution < 1.29 is 0 Å². The molecule has 0 spiro atoms. The van der Waals surface area contributed by atoms with Crippen LogP contribution in [0.15, 0.2) is 41.4 Å². The van der Waals surface area contributed by atoms with Gasteiger partial charge in [-0.25, -0.2) is 4.98 Å². The summed E-state index contributed by atoms with van der Waals surface area (Å²) in [5.41, 5.74) is 1.09. The van der Waals surface area contributed by atoms with Crippen molar-refractivity contribution in [3.8, 4) is 0 Å². The van der Waals surface area contributed by atoms with Gasteiger partial charge in [0.2, 0.25) is 5.95 Å². The van der Waals surface area contributed by atoms with Gasteiger partial charge < -0.3 is 15.1 Å². The normalized spacial score (nSPS) is 18.1. The van der Waals surface area contributed by atoms with Crippen molar-refractivity contribution in [2.24, 2.45) is 0 Å². The molecule has 1 aliphatic rings. The predicted octanol–water partition coefficient (Wildman–Crippen LogP) is 3.46. The molecular formula is C16H21Cl2N5S. The van der Waals surface area contributed by atoms with E-state index < -0.39 is 0 Å². The highest BCUT2D eigenvalue weighted by molar-refractivity contribution is 7.98. The van der Waals surface area contributed by atoms with Gasteiger partial charge >= 0.3 is 0 Å². The summed E-state index contributed by atoms with van der Waals surface area (Å²) in [6.07, 6.45) is 3.87. The van der Waals surface area contributed by atoms with Crippen molar-refractivity contribution in [2.75, 3.05) is 43.2 Å². The molecule has 1 atom stereocenters. The number of benzene rings is 1. The van der Waals surface area contributed by atoms with Crippen LogP contribution in [0.4, 0.5) is 11.6 Å². The third kappa shape index (κ3) is 4.45. The van der Waals surface area contributed by atoms with Crippen molar-refractivity contribution in [1.29, 1.82) is 0 Å². The van der Waals surface area contributed by atoms with E-state index in [0.717, 1.165) is 30.2 Å². The summed E-state index contributed by atoms with van der Waals surface area (Å²) in [4.78, 5) is 14.4. The lowest BCUT2D eigenvalue weighted by molar-refractivity contribution is 0.277. The smallest absolute Gasteiger partial charge is 0.228 e. The first-order valence-electron chi connectivity index (χ1n) is 7.50. The summed E-state index contributed by atoms with van der Waals surface area (Å²) in [5, 5.41) is 4.08. The summed E-state index contributed by atoms with van der Waals surface area (Å²) in [5.74, 6) is 0.675. The maximum absolute atomic E-state index is 6.26. The monoisotopic (exact) mass is 385 g/mol. The van der Waals surface area contributed by atoms with Crippen LogP contribution >= 0.6 is 35.8 Å². The number of para-hydroxylation sites is 1. The molecule has 130 valence electrons. The molecule has 0 aliphatic carbocycles. The number of hydrogen-bond acceptors (Lipinski definition) is 6. The average Bonchev–Trinajstić information content (AvgIpc) is 2.56. The molecule has 2 heterocycles. The van der Waals surface area contributed by atoms with Crippen LogP contribution in [0.25, 0.3) is 0 Å². The second kappa shape index (κ2) is 8.76. The molecule has 1 unspecified atom stereocenters. The second-order valence-corrected chi connectivity index (χ2v) is 6.72. The van der Waals surface area contributed by atoms with Crippen LogP contribution in [0.2, 0.25) is 5.15 Å². The number of thioether (sulfide) groups is 1. The number of likely N-dealkylation sites (N-methyl/N-ethyl adjacent to an activating group) is 1. The summed E-state index contributed by atoms with van der Waals surface area (Å²) in [7, 11) is 2.13. The second-order valence-electron chi connectivity index (χ2n) is 5.51. The Kier molecular flexibility index (Phi) is 6.98. The van der Waals surface area contributed by atoms with Crippen molar-refractivity contribution in [1.82, 2.24) is 14.9 Å². The highest BCUT2D eigenvalue weighted by Crippen LogP contribution is 2.26. The fourth-order valence-electron chi connectivity index (χ4n) is 2.63. The van der Waals surface area contributed by atoms with Gasteiger partial charge in [0, 0.05) is 31.5 Å². The molecule has 0 radical (unpaired) electrons. The van der Waals surface area contributed by atoms with E-state index in [1.165, 1.54) is 0 Å². The third-order valence-corrected chi connectivity index (χ3v) is 5.00. The van der Waals surface area contributed by atoms with Gasteiger partial charge in [0.15, 0.2) is 0 Å². The number of piperazine rings is 1. The lowest BCUT2D eigenvalue weighted by atomic mass is 10.2. The Bertz CT molecular complexity index is 658. The first-order valence-corrected chi connectivity index (χ1v) is 9.11. The summed E-state index contributed by atoms with van der Waals surface area (Å²) in [6.45, 7) is 2.72. The molecule has 1 fully saturated rings. The Morgan fingerprint density at radius 1 is 1.25 bits per heavy atom. The summed E-state index contributed by atoms with van der Waals surface area (Å²) in [6, 6.07) is 10.2. The van der Waals surface area contributed by atoms with E-state index in [2.05, 4.69) is 44.3 Å². The fourth-order valence-corrected chi connectivity index (χ4v) is 3.35. The summed E-state index contributed by atoms with van der Waals surface area (Å²) >= 11 is 7.81. The Morgan fingerprint density at radius 2 is 2.00 bits per heavy atom. The summed E-state index contributed by atoms with van der Waals surface area (Å²) < 4.78 is 0. The topological polar surface area (TPSA) is 44.3 Å². The van der Waals surface area contributed by atoms with Gasteiger partial charge in [-0.15, -0.1) is 24.2 Å². The molecule has 2 aromatic rings. The molecule has 1 saturated heterocycles. The lowest BCUT2D eigenvalue weighted by Gasteiger charge is -2.40. The van der Waals surface area contributed by atoms with Gasteiger partial charge in [-0.05, 0) is 25.4 Å². The van der Waals surface area contributed by atoms with E-state index in [-0.39, 0.29) is 18.6 Å². The number of aromatic nitrogens is 2. The predicted molar refractivity (Wildman–Crippen MR) is 105 cm³/mol. The molecule has 3 rings (SSSR count). The van der Waals surface area contributed by atoms with Gasteiger partial charge in [0.1, 0.15) is 11.3 Å². The highest BCUT2D eigenvalue weighted by Gasteiger charge is 2.27. The molecular weight excluding hydrogens is 365 g/mol. The zero-order chi connectivity index (χ0) is 16.2. The van der Waals surface area contributed by atoms with Crippen molar-refractivity contribution in [2.45, 2.75) is 11.1 Å². The highest BCUT2D eigenvalue weighted by atomic mass is 35.5. The first-order chi connectivity index (χ1) is 11.2. The third-order valence-electron chi connectivity index (χ3n) is 3.87. The van der Waals surface area contributed by atoms with Crippen molar-refractivity contribution in [3.05, 3.63) is 41.7 Å². The van der Waals surface area contributed by atoms with Gasteiger partial charge in [0.25, 0.3) is 0 Å². The Balaban J connectivity index is 0.00000208. The van der Waals surface area contributed by atoms with Crippen LogP contribution in [0.1, 0.15) is 0 Å². The molecule has 0 saturated carbocycles. The lowest BCUT2D eigenvalue weighted by Crippen LogP contribution is -2.56. The zero-order valence-electron chi connectivity index (χ0n) is 13.6. The van der Waals surface area contributed by atoms with E-state index in [1.54, 1.807) is 18.0 Å². The minimum Gasteiger partial charge on any atom is -0.364 e. The van der Waals surface area contributed by atoms with Gasteiger partial charge in [-0.1, -0.05) is 29.8 Å². The quantitative estimate of drug-likeness (QED) is 0.641. The van der Waals surface area contributed by atoms with Crippen LogP contribution in [0.3, 0.4) is 0 Å². The molecule has 8 heteroatoms. The molecule has 0 amide bonds. The molecule has 1 aromatic heterocycles. The minimum atomic E-state index is 0. The fraction of sp³-hybridized carbons (Fsp3) is 0.375. The van der Waals surface area contributed by atoms with Crippen LogP contribution < -0.4 is 10.2 Å². The van der Waals surface area contributed by atoms with Gasteiger partial charge in [0.05, 0.1) is 4.90 Å².